The van der Waals surface area contributed by atoms with Gasteiger partial charge in [0.1, 0.15) is 0 Å². The Labute approximate surface area is 166 Å². The second kappa shape index (κ2) is 8.74. The van der Waals surface area contributed by atoms with Crippen molar-refractivity contribution in [2.24, 2.45) is 5.92 Å². The Morgan fingerprint density at radius 1 is 1.25 bits per heavy atom. The molecule has 6 nitrogen and oxygen atoms in total. The molecule has 1 saturated heterocycles. The van der Waals surface area contributed by atoms with Crippen molar-refractivity contribution in [2.45, 2.75) is 26.7 Å². The van der Waals surface area contributed by atoms with E-state index in [2.05, 4.69) is 15.6 Å². The molecule has 9 heteroatoms. The number of aryl methyl sites for hydroxylation is 2. The molecule has 1 atom stereocenters. The second-order valence-corrected chi connectivity index (χ2v) is 8.10. The third-order valence-electron chi connectivity index (χ3n) is 4.71. The summed E-state index contributed by atoms with van der Waals surface area (Å²) in [5.74, 6) is -2.72. The highest BCUT2D eigenvalue weighted by Crippen LogP contribution is 2.22. The van der Waals surface area contributed by atoms with E-state index in [1.807, 2.05) is 18.7 Å². The average molecular weight is 408 g/mol. The van der Waals surface area contributed by atoms with Gasteiger partial charge in [-0.25, -0.2) is 13.8 Å². The average Bonchev–Trinajstić information content (AvgIpc) is 2.95. The molecule has 2 aromatic rings. The summed E-state index contributed by atoms with van der Waals surface area (Å²) in [5.41, 5.74) is 1.11. The minimum absolute atomic E-state index is 0.171. The highest BCUT2D eigenvalue weighted by Gasteiger charge is 2.27. The van der Waals surface area contributed by atoms with Crippen molar-refractivity contribution in [1.29, 1.82) is 0 Å². The molecule has 0 bridgehead atoms. The van der Waals surface area contributed by atoms with Crippen LogP contribution in [0.1, 0.15) is 23.4 Å². The van der Waals surface area contributed by atoms with Crippen molar-refractivity contribution in [1.82, 2.24) is 9.88 Å². The molecule has 1 aromatic carbocycles. The summed E-state index contributed by atoms with van der Waals surface area (Å²) in [5, 5.41) is 5.99. The van der Waals surface area contributed by atoms with Crippen molar-refractivity contribution in [3.63, 3.8) is 0 Å². The molecule has 28 heavy (non-hydrogen) atoms. The Bertz CT molecular complexity index is 867. The number of benzene rings is 1. The van der Waals surface area contributed by atoms with Gasteiger partial charge in [-0.3, -0.25) is 14.5 Å². The molecule has 0 saturated carbocycles. The van der Waals surface area contributed by atoms with E-state index in [0.717, 1.165) is 35.7 Å². The lowest BCUT2D eigenvalue weighted by Crippen LogP contribution is -2.44. The van der Waals surface area contributed by atoms with Crippen LogP contribution in [0.2, 0.25) is 0 Å². The topological polar surface area (TPSA) is 74.3 Å². The quantitative estimate of drug-likeness (QED) is 0.796. The number of amides is 2. The number of piperidine rings is 1. The van der Waals surface area contributed by atoms with E-state index >= 15 is 0 Å². The third-order valence-corrected chi connectivity index (χ3v) is 5.69. The van der Waals surface area contributed by atoms with Gasteiger partial charge in [-0.05, 0) is 45.4 Å². The van der Waals surface area contributed by atoms with Gasteiger partial charge in [-0.1, -0.05) is 0 Å². The SMILES string of the molecule is Cc1nc(NC(=O)CN2CCCC(C(=O)Nc3ccc(F)c(F)c3)C2)sc1C. The predicted octanol–water partition coefficient (Wildman–Crippen LogP) is 3.33. The summed E-state index contributed by atoms with van der Waals surface area (Å²) >= 11 is 1.43. The fraction of sp³-hybridized carbons (Fsp3) is 0.421. The van der Waals surface area contributed by atoms with E-state index < -0.39 is 11.6 Å². The second-order valence-electron chi connectivity index (χ2n) is 6.90. The molecule has 1 fully saturated rings. The zero-order valence-electron chi connectivity index (χ0n) is 15.7. The maximum atomic E-state index is 13.3. The zero-order valence-corrected chi connectivity index (χ0v) is 16.5. The van der Waals surface area contributed by atoms with Crippen LogP contribution in [0.25, 0.3) is 0 Å². The number of rotatable bonds is 5. The van der Waals surface area contributed by atoms with E-state index in [1.54, 1.807) is 0 Å². The molecule has 2 heterocycles. The molecule has 3 rings (SSSR count). The summed E-state index contributed by atoms with van der Waals surface area (Å²) in [6, 6.07) is 3.26. The molecular weight excluding hydrogens is 386 g/mol. The van der Waals surface area contributed by atoms with Crippen molar-refractivity contribution in [3.8, 4) is 0 Å². The van der Waals surface area contributed by atoms with Crippen LogP contribution in [-0.4, -0.2) is 41.3 Å². The lowest BCUT2D eigenvalue weighted by molar-refractivity contribution is -0.123. The first-order valence-corrected chi connectivity index (χ1v) is 9.85. The maximum absolute atomic E-state index is 13.3. The van der Waals surface area contributed by atoms with Gasteiger partial charge in [0, 0.05) is 23.2 Å². The number of hydrogen-bond acceptors (Lipinski definition) is 5. The first kappa shape index (κ1) is 20.3. The van der Waals surface area contributed by atoms with Crippen LogP contribution in [0.4, 0.5) is 19.6 Å². The predicted molar refractivity (Wildman–Crippen MR) is 104 cm³/mol. The van der Waals surface area contributed by atoms with Gasteiger partial charge in [0.05, 0.1) is 18.2 Å². The Hall–Kier alpha value is -2.39. The Balaban J connectivity index is 1.53. The van der Waals surface area contributed by atoms with Crippen LogP contribution in [0.3, 0.4) is 0 Å². The largest absolute Gasteiger partial charge is 0.326 e. The third kappa shape index (κ3) is 5.11. The molecule has 1 unspecified atom stereocenters. The number of nitrogens with one attached hydrogen (secondary N) is 2. The van der Waals surface area contributed by atoms with Crippen molar-refractivity contribution >= 4 is 34.0 Å². The molecule has 2 amide bonds. The first-order chi connectivity index (χ1) is 13.3. The summed E-state index contributed by atoms with van der Waals surface area (Å²) in [6.45, 7) is 5.16. The maximum Gasteiger partial charge on any atom is 0.240 e. The van der Waals surface area contributed by atoms with E-state index in [1.165, 1.54) is 17.4 Å². The minimum Gasteiger partial charge on any atom is -0.326 e. The number of aromatic nitrogens is 1. The lowest BCUT2D eigenvalue weighted by atomic mass is 9.97. The standard InChI is InChI=1S/C19H22F2N4O2S/c1-11-12(2)28-19(22-11)24-17(26)10-25-7-3-4-13(9-25)18(27)23-14-5-6-15(20)16(21)8-14/h5-6,8,13H,3-4,7,9-10H2,1-2H3,(H,23,27)(H,22,24,26). The van der Waals surface area contributed by atoms with Gasteiger partial charge in [-0.15, -0.1) is 11.3 Å². The normalized spacial score (nSPS) is 17.4. The first-order valence-electron chi connectivity index (χ1n) is 9.04. The lowest BCUT2D eigenvalue weighted by Gasteiger charge is -2.31. The molecule has 0 aliphatic carbocycles. The van der Waals surface area contributed by atoms with Gasteiger partial charge in [0.25, 0.3) is 0 Å². The van der Waals surface area contributed by atoms with Gasteiger partial charge >= 0.3 is 0 Å². The van der Waals surface area contributed by atoms with Crippen molar-refractivity contribution < 1.29 is 18.4 Å². The van der Waals surface area contributed by atoms with Crippen molar-refractivity contribution in [2.75, 3.05) is 30.3 Å². The number of hydrogen-bond donors (Lipinski definition) is 2. The van der Waals surface area contributed by atoms with Crippen molar-refractivity contribution in [3.05, 3.63) is 40.4 Å². The Morgan fingerprint density at radius 2 is 2.04 bits per heavy atom. The minimum atomic E-state index is -1.01. The summed E-state index contributed by atoms with van der Waals surface area (Å²) in [4.78, 5) is 32.0. The fourth-order valence-corrected chi connectivity index (χ4v) is 3.95. The van der Waals surface area contributed by atoms with Gasteiger partial charge in [0.2, 0.25) is 11.8 Å². The molecular formula is C19H22F2N4O2S. The zero-order chi connectivity index (χ0) is 20.3. The molecule has 1 aromatic heterocycles. The summed E-state index contributed by atoms with van der Waals surface area (Å²) < 4.78 is 26.3. The van der Waals surface area contributed by atoms with Crippen LogP contribution < -0.4 is 10.6 Å². The van der Waals surface area contributed by atoms with E-state index in [9.17, 15) is 18.4 Å². The van der Waals surface area contributed by atoms with Gasteiger partial charge < -0.3 is 10.6 Å². The number of nitrogens with zero attached hydrogens (tertiary/aromatic N) is 2. The monoisotopic (exact) mass is 408 g/mol. The number of likely N-dealkylation sites (tertiary alicyclic amines) is 1. The number of anilines is 2. The van der Waals surface area contributed by atoms with Crippen LogP contribution in [0, 0.1) is 31.4 Å². The van der Waals surface area contributed by atoms with Crippen LogP contribution >= 0.6 is 11.3 Å². The highest BCUT2D eigenvalue weighted by atomic mass is 32.1. The van der Waals surface area contributed by atoms with Gasteiger partial charge in [-0.2, -0.15) is 0 Å². The smallest absolute Gasteiger partial charge is 0.240 e. The fourth-order valence-electron chi connectivity index (χ4n) is 3.12. The molecule has 0 radical (unpaired) electrons. The Morgan fingerprint density at radius 3 is 2.71 bits per heavy atom. The van der Waals surface area contributed by atoms with E-state index in [-0.39, 0.29) is 30.0 Å². The number of thiazole rings is 1. The van der Waals surface area contributed by atoms with E-state index in [0.29, 0.717) is 18.1 Å². The molecule has 1 aliphatic rings. The molecule has 1 aliphatic heterocycles. The molecule has 150 valence electrons. The molecule has 2 N–H and O–H groups in total. The van der Waals surface area contributed by atoms with E-state index in [4.69, 9.17) is 0 Å². The molecule has 0 spiro atoms. The van der Waals surface area contributed by atoms with Crippen LogP contribution in [-0.2, 0) is 9.59 Å². The number of halogens is 2. The Kier molecular flexibility index (Phi) is 6.35. The number of carbonyl (C=O) groups is 2. The van der Waals surface area contributed by atoms with Crippen LogP contribution in [0.5, 0.6) is 0 Å². The summed E-state index contributed by atoms with van der Waals surface area (Å²) in [6.07, 6.45) is 1.46. The highest BCUT2D eigenvalue weighted by molar-refractivity contribution is 7.15. The van der Waals surface area contributed by atoms with Crippen LogP contribution in [0.15, 0.2) is 18.2 Å². The number of carbonyl (C=O) groups excluding carboxylic acids is 2. The van der Waals surface area contributed by atoms with Gasteiger partial charge in [0.15, 0.2) is 16.8 Å². The summed E-state index contributed by atoms with van der Waals surface area (Å²) in [7, 11) is 0.